The van der Waals surface area contributed by atoms with Crippen LogP contribution in [0.4, 0.5) is 0 Å². The molecule has 1 aromatic rings. The molecule has 1 rings (SSSR count). The summed E-state index contributed by atoms with van der Waals surface area (Å²) in [5.41, 5.74) is 6.35. The molecule has 0 heterocycles. The Kier molecular flexibility index (Phi) is 4.78. The number of hydrogen-bond acceptors (Lipinski definition) is 5. The van der Waals surface area contributed by atoms with Crippen molar-refractivity contribution in [3.63, 3.8) is 0 Å². The fourth-order valence-corrected chi connectivity index (χ4v) is 1.55. The normalized spacial score (nSPS) is 11.8. The number of rotatable bonds is 6. The molecule has 0 saturated heterocycles. The first-order valence-corrected chi connectivity index (χ1v) is 5.08. The van der Waals surface area contributed by atoms with E-state index in [-0.39, 0.29) is 0 Å². The van der Waals surface area contributed by atoms with Crippen molar-refractivity contribution in [1.82, 2.24) is 0 Å². The van der Waals surface area contributed by atoms with E-state index in [9.17, 15) is 4.79 Å². The van der Waals surface area contributed by atoms with Crippen molar-refractivity contribution in [2.24, 2.45) is 5.73 Å². The molecule has 93 valence electrons. The highest BCUT2D eigenvalue weighted by molar-refractivity contribution is 5.60. The van der Waals surface area contributed by atoms with Crippen molar-refractivity contribution < 1.29 is 19.0 Å². The fourth-order valence-electron chi connectivity index (χ4n) is 1.55. The maximum atomic E-state index is 10.4. The Labute approximate surface area is 100 Å². The van der Waals surface area contributed by atoms with Crippen LogP contribution in [-0.2, 0) is 11.2 Å². The average molecular weight is 238 g/mol. The van der Waals surface area contributed by atoms with Crippen molar-refractivity contribution in [2.75, 3.05) is 21.3 Å². The molecule has 0 fully saturated rings. The summed E-state index contributed by atoms with van der Waals surface area (Å²) in [6.07, 6.45) is 2.11. The molecule has 0 spiro atoms. The van der Waals surface area contributed by atoms with E-state index >= 15 is 0 Å². The van der Waals surface area contributed by atoms with Crippen molar-refractivity contribution in [3.8, 4) is 17.2 Å². The lowest BCUT2D eigenvalue weighted by Gasteiger charge is -2.14. The number of hydrogen-bond donors (Lipinski definition) is 1. The van der Waals surface area contributed by atoms with Gasteiger partial charge >= 0.3 is 0 Å². The van der Waals surface area contributed by atoms with Crippen LogP contribution in [0.2, 0.25) is 0 Å². The first-order chi connectivity index (χ1) is 8.15. The van der Waals surface area contributed by atoms with Crippen molar-refractivity contribution >= 4 is 6.29 Å². The van der Waals surface area contributed by atoms with Crippen LogP contribution >= 0.6 is 0 Å². The number of nitrogens with two attached hydrogens (primary N) is 1. The molecule has 17 heavy (non-hydrogen) atoms. The minimum absolute atomic E-state index is 0.375. The van der Waals surface area contributed by atoms with Gasteiger partial charge in [-0.05, 0) is 24.1 Å². The number of methoxy groups -OCH3 is 3. The lowest BCUT2D eigenvalue weighted by Crippen LogP contribution is -2.24. The van der Waals surface area contributed by atoms with Gasteiger partial charge in [0.25, 0.3) is 0 Å². The molecule has 0 saturated carbocycles. The Morgan fingerprint density at radius 2 is 1.71 bits per heavy atom. The maximum absolute atomic E-state index is 10.4. The first kappa shape index (κ1) is 13.3. The van der Waals surface area contributed by atoms with Crippen LogP contribution < -0.4 is 19.9 Å². The number of benzene rings is 1. The molecule has 1 aromatic carbocycles. The smallest absolute Gasteiger partial charge is 0.217 e. The maximum Gasteiger partial charge on any atom is 0.217 e. The molecule has 0 aliphatic carbocycles. The zero-order valence-corrected chi connectivity index (χ0v) is 10.1. The van der Waals surface area contributed by atoms with E-state index in [2.05, 4.69) is 0 Å². The van der Waals surface area contributed by atoms with Gasteiger partial charge in [0.15, 0.2) is 11.5 Å². The van der Waals surface area contributed by atoms with Gasteiger partial charge in [0.05, 0.1) is 27.4 Å². The van der Waals surface area contributed by atoms with E-state index in [1.54, 1.807) is 18.4 Å². The minimum atomic E-state index is -0.655. The van der Waals surface area contributed by atoms with Gasteiger partial charge in [0.1, 0.15) is 0 Å². The largest absolute Gasteiger partial charge is 0.493 e. The highest BCUT2D eigenvalue weighted by atomic mass is 16.5. The van der Waals surface area contributed by atoms with Gasteiger partial charge in [0, 0.05) is 0 Å². The summed E-state index contributed by atoms with van der Waals surface area (Å²) in [6.45, 7) is 0. The highest BCUT2D eigenvalue weighted by Crippen LogP contribution is 2.38. The highest BCUT2D eigenvalue weighted by Gasteiger charge is 2.14. The molecule has 0 amide bonds. The Balaban J connectivity index is 3.12. The standard InChI is InChI=1S/C12H16NO4/c1-15-10-5-8(4-9(13)7-14)6-11(16-2)12(10)17-3/h5-6,9H,4,13H2,1-3H3/t9-/m1/s1. The second kappa shape index (κ2) is 6.10. The van der Waals surface area contributed by atoms with Gasteiger partial charge in [-0.2, -0.15) is 0 Å². The summed E-state index contributed by atoms with van der Waals surface area (Å²) in [5, 5.41) is 0. The predicted octanol–water partition coefficient (Wildman–Crippen LogP) is 0.692. The predicted molar refractivity (Wildman–Crippen MR) is 63.5 cm³/mol. The van der Waals surface area contributed by atoms with Crippen molar-refractivity contribution in [2.45, 2.75) is 12.5 Å². The molecule has 5 heteroatoms. The summed E-state index contributed by atoms with van der Waals surface area (Å²) < 4.78 is 15.6. The summed E-state index contributed by atoms with van der Waals surface area (Å²) >= 11 is 0. The topological polar surface area (TPSA) is 70.8 Å². The summed E-state index contributed by atoms with van der Waals surface area (Å²) in [4.78, 5) is 10.4. The van der Waals surface area contributed by atoms with E-state index in [1.165, 1.54) is 21.3 Å². The van der Waals surface area contributed by atoms with E-state index in [4.69, 9.17) is 19.9 Å². The SMILES string of the molecule is COc1cc(C[C@@H](N)[C]=O)cc(OC)c1OC. The third kappa shape index (κ3) is 3.10. The third-order valence-electron chi connectivity index (χ3n) is 2.33. The van der Waals surface area contributed by atoms with Gasteiger partial charge in [0.2, 0.25) is 12.0 Å². The fraction of sp³-hybridized carbons (Fsp3) is 0.417. The van der Waals surface area contributed by atoms with Gasteiger partial charge in [-0.1, -0.05) is 0 Å². The quantitative estimate of drug-likeness (QED) is 0.789. The Bertz CT molecular complexity index is 367. The Morgan fingerprint density at radius 1 is 1.18 bits per heavy atom. The van der Waals surface area contributed by atoms with E-state index in [0.29, 0.717) is 23.7 Å². The monoisotopic (exact) mass is 238 g/mol. The van der Waals surface area contributed by atoms with E-state index < -0.39 is 6.04 Å². The van der Waals surface area contributed by atoms with Crippen LogP contribution in [-0.4, -0.2) is 33.7 Å². The second-order valence-electron chi connectivity index (χ2n) is 3.46. The van der Waals surface area contributed by atoms with Crippen molar-refractivity contribution in [3.05, 3.63) is 17.7 Å². The molecule has 5 nitrogen and oxygen atoms in total. The summed E-state index contributed by atoms with van der Waals surface area (Å²) in [5.74, 6) is 1.60. The molecule has 0 aliphatic rings. The van der Waals surface area contributed by atoms with Gasteiger partial charge in [-0.3, -0.25) is 4.79 Å². The molecular formula is C12H16NO4. The lowest BCUT2D eigenvalue weighted by atomic mass is 10.1. The van der Waals surface area contributed by atoms with Crippen LogP contribution in [0, 0.1) is 0 Å². The van der Waals surface area contributed by atoms with Crippen LogP contribution in [0.15, 0.2) is 12.1 Å². The molecule has 0 aliphatic heterocycles. The first-order valence-electron chi connectivity index (χ1n) is 5.08. The number of ether oxygens (including phenoxy) is 3. The van der Waals surface area contributed by atoms with Gasteiger partial charge < -0.3 is 19.9 Å². The molecule has 0 bridgehead atoms. The van der Waals surface area contributed by atoms with Crippen molar-refractivity contribution in [1.29, 1.82) is 0 Å². The molecule has 1 atom stereocenters. The number of carbonyl (C=O) groups excluding carboxylic acids is 1. The zero-order chi connectivity index (χ0) is 12.8. The third-order valence-corrected chi connectivity index (χ3v) is 2.33. The van der Waals surface area contributed by atoms with E-state index in [1.807, 2.05) is 0 Å². The minimum Gasteiger partial charge on any atom is -0.493 e. The van der Waals surface area contributed by atoms with Crippen LogP contribution in [0.3, 0.4) is 0 Å². The second-order valence-corrected chi connectivity index (χ2v) is 3.46. The molecular weight excluding hydrogens is 222 g/mol. The summed E-state index contributed by atoms with van der Waals surface area (Å²) in [7, 11) is 4.60. The molecule has 0 aromatic heterocycles. The molecule has 0 unspecified atom stereocenters. The van der Waals surface area contributed by atoms with Gasteiger partial charge in [-0.25, -0.2) is 0 Å². The zero-order valence-electron chi connectivity index (χ0n) is 10.1. The molecule has 1 radical (unpaired) electrons. The molecule has 2 N–H and O–H groups in total. The average Bonchev–Trinajstić information content (AvgIpc) is 2.37. The van der Waals surface area contributed by atoms with Crippen LogP contribution in [0.5, 0.6) is 17.2 Å². The summed E-state index contributed by atoms with van der Waals surface area (Å²) in [6, 6.07) is 2.87. The van der Waals surface area contributed by atoms with Crippen LogP contribution in [0.1, 0.15) is 5.56 Å². The Hall–Kier alpha value is -1.75. The van der Waals surface area contributed by atoms with Crippen LogP contribution in [0.25, 0.3) is 0 Å². The van der Waals surface area contributed by atoms with Gasteiger partial charge in [-0.15, -0.1) is 0 Å². The lowest BCUT2D eigenvalue weighted by molar-refractivity contribution is 0.323. The van der Waals surface area contributed by atoms with E-state index in [0.717, 1.165) is 5.56 Å². The Morgan fingerprint density at radius 3 is 2.06 bits per heavy atom.